The van der Waals surface area contributed by atoms with E-state index in [2.05, 4.69) is 20.8 Å². The second kappa shape index (κ2) is 5.69. The molecular formula is C14H21N2. The van der Waals surface area contributed by atoms with Crippen LogP contribution < -0.4 is 5.73 Å². The van der Waals surface area contributed by atoms with Gasteiger partial charge in [-0.2, -0.15) is 0 Å². The van der Waals surface area contributed by atoms with E-state index in [1.165, 1.54) is 5.92 Å². The molecule has 0 aromatic heterocycles. The van der Waals surface area contributed by atoms with Crippen molar-refractivity contribution >= 4 is 11.4 Å². The fourth-order valence-electron chi connectivity index (χ4n) is 2.00. The highest BCUT2D eigenvalue weighted by molar-refractivity contribution is 6.02. The molecule has 0 amide bonds. The summed E-state index contributed by atoms with van der Waals surface area (Å²) in [5.74, 6) is 1.93. The Morgan fingerprint density at radius 3 is 2.44 bits per heavy atom. The van der Waals surface area contributed by atoms with Gasteiger partial charge in [-0.15, -0.1) is 0 Å². The molecule has 1 rings (SSSR count). The molecule has 0 saturated carbocycles. The average Bonchev–Trinajstić information content (AvgIpc) is 2.16. The lowest BCUT2D eigenvalue weighted by Crippen LogP contribution is -2.09. The van der Waals surface area contributed by atoms with Crippen molar-refractivity contribution in [3.05, 3.63) is 35.7 Å². The Hall–Kier alpha value is -1.31. The summed E-state index contributed by atoms with van der Waals surface area (Å²) < 4.78 is 0. The number of rotatable bonds is 5. The van der Waals surface area contributed by atoms with E-state index in [9.17, 15) is 0 Å². The van der Waals surface area contributed by atoms with Gasteiger partial charge in [-0.1, -0.05) is 39.0 Å². The quantitative estimate of drug-likeness (QED) is 0.574. The van der Waals surface area contributed by atoms with Crippen LogP contribution in [-0.4, -0.2) is 5.71 Å². The zero-order valence-corrected chi connectivity index (χ0v) is 10.4. The summed E-state index contributed by atoms with van der Waals surface area (Å²) in [4.78, 5) is 0. The third-order valence-electron chi connectivity index (χ3n) is 2.60. The minimum atomic E-state index is 0.511. The molecule has 0 spiro atoms. The lowest BCUT2D eigenvalue weighted by molar-refractivity contribution is 0.566. The molecule has 1 aromatic rings. The van der Waals surface area contributed by atoms with E-state index >= 15 is 0 Å². The summed E-state index contributed by atoms with van der Waals surface area (Å²) in [6, 6.07) is 7.61. The van der Waals surface area contributed by atoms with Gasteiger partial charge in [0.25, 0.3) is 0 Å². The fourth-order valence-corrected chi connectivity index (χ4v) is 2.00. The third kappa shape index (κ3) is 3.69. The summed E-state index contributed by atoms with van der Waals surface area (Å²) in [5, 5.41) is 8.06. The Balaban J connectivity index is 2.63. The van der Waals surface area contributed by atoms with E-state index < -0.39 is 0 Å². The number of anilines is 1. The molecule has 1 radical (unpaired) electrons. The van der Waals surface area contributed by atoms with Gasteiger partial charge in [0.15, 0.2) is 0 Å². The van der Waals surface area contributed by atoms with Crippen LogP contribution >= 0.6 is 0 Å². The summed E-state index contributed by atoms with van der Waals surface area (Å²) in [6.07, 6.45) is 1.87. The number of hydrogen-bond acceptors (Lipinski definition) is 2. The van der Waals surface area contributed by atoms with Gasteiger partial charge in [0.2, 0.25) is 0 Å². The molecule has 87 valence electrons. The molecule has 2 nitrogen and oxygen atoms in total. The molecule has 2 heteroatoms. The normalized spacial score (nSPS) is 12.8. The zero-order valence-electron chi connectivity index (χ0n) is 10.4. The monoisotopic (exact) mass is 217 g/mol. The summed E-state index contributed by atoms with van der Waals surface area (Å²) in [6.45, 7) is 6.45. The van der Waals surface area contributed by atoms with Gasteiger partial charge >= 0.3 is 0 Å². The highest BCUT2D eigenvalue weighted by Crippen LogP contribution is 2.20. The molecule has 0 saturated heterocycles. The first-order valence-electron chi connectivity index (χ1n) is 5.72. The Kier molecular flexibility index (Phi) is 4.53. The molecule has 0 aliphatic rings. The molecule has 16 heavy (non-hydrogen) atoms. The number of nitrogens with one attached hydrogen (secondary N) is 1. The number of benzene rings is 1. The summed E-state index contributed by atoms with van der Waals surface area (Å²) in [5.41, 5.74) is 8.08. The van der Waals surface area contributed by atoms with Crippen molar-refractivity contribution < 1.29 is 0 Å². The van der Waals surface area contributed by atoms with E-state index in [1.807, 2.05) is 24.3 Å². The fraction of sp³-hybridized carbons (Fsp3) is 0.429. The van der Waals surface area contributed by atoms with Crippen molar-refractivity contribution in [1.82, 2.24) is 0 Å². The molecule has 0 heterocycles. The van der Waals surface area contributed by atoms with Crippen molar-refractivity contribution in [2.45, 2.75) is 33.6 Å². The van der Waals surface area contributed by atoms with Gasteiger partial charge in [-0.3, -0.25) is 0 Å². The van der Waals surface area contributed by atoms with Gasteiger partial charge in [0, 0.05) is 17.0 Å². The Bertz CT molecular complexity index is 356. The second-order valence-corrected chi connectivity index (χ2v) is 4.79. The van der Waals surface area contributed by atoms with Crippen molar-refractivity contribution in [2.75, 3.05) is 5.73 Å². The van der Waals surface area contributed by atoms with Crippen LogP contribution in [0.25, 0.3) is 0 Å². The lowest BCUT2D eigenvalue weighted by atomic mass is 9.91. The first-order valence-corrected chi connectivity index (χ1v) is 5.72. The molecule has 0 aliphatic heterocycles. The highest BCUT2D eigenvalue weighted by atomic mass is 14.6. The summed E-state index contributed by atoms with van der Waals surface area (Å²) >= 11 is 0. The van der Waals surface area contributed by atoms with Crippen molar-refractivity contribution in [2.24, 2.45) is 5.92 Å². The zero-order chi connectivity index (χ0) is 12.1. The van der Waals surface area contributed by atoms with Gasteiger partial charge in [-0.25, -0.2) is 0 Å². The minimum absolute atomic E-state index is 0.511. The maximum Gasteiger partial charge on any atom is 0.0409 e. The molecule has 0 aliphatic carbocycles. The van der Waals surface area contributed by atoms with Crippen LogP contribution in [0.15, 0.2) is 24.3 Å². The smallest absolute Gasteiger partial charge is 0.0409 e. The average molecular weight is 217 g/mol. The van der Waals surface area contributed by atoms with Gasteiger partial charge in [0.05, 0.1) is 0 Å². The largest absolute Gasteiger partial charge is 0.398 e. The van der Waals surface area contributed by atoms with Crippen LogP contribution in [0.3, 0.4) is 0 Å². The summed E-state index contributed by atoms with van der Waals surface area (Å²) in [7, 11) is 0. The van der Waals surface area contributed by atoms with Crippen LogP contribution in [-0.2, 0) is 0 Å². The maximum atomic E-state index is 8.06. The number of nitrogens with two attached hydrogens (primary N) is 1. The third-order valence-corrected chi connectivity index (χ3v) is 2.60. The Morgan fingerprint density at radius 1 is 1.25 bits per heavy atom. The highest BCUT2D eigenvalue weighted by Gasteiger charge is 2.11. The van der Waals surface area contributed by atoms with E-state index in [-0.39, 0.29) is 0 Å². The Labute approximate surface area is 98.4 Å². The van der Waals surface area contributed by atoms with Crippen LogP contribution in [0.1, 0.15) is 39.2 Å². The number of para-hydroxylation sites is 1. The second-order valence-electron chi connectivity index (χ2n) is 4.79. The number of hydrogen-bond donors (Lipinski definition) is 2. The van der Waals surface area contributed by atoms with E-state index in [0.717, 1.165) is 18.4 Å². The molecule has 0 unspecified atom stereocenters. The molecule has 1 aromatic carbocycles. The van der Waals surface area contributed by atoms with Crippen LogP contribution in [0, 0.1) is 17.2 Å². The topological polar surface area (TPSA) is 49.9 Å². The van der Waals surface area contributed by atoms with E-state index in [4.69, 9.17) is 11.1 Å². The predicted octanol–water partition coefficient (Wildman–Crippen LogP) is 3.67. The van der Waals surface area contributed by atoms with Gasteiger partial charge in [0.1, 0.15) is 0 Å². The first-order chi connectivity index (χ1) is 7.50. The predicted molar refractivity (Wildman–Crippen MR) is 70.7 cm³/mol. The van der Waals surface area contributed by atoms with E-state index in [1.54, 1.807) is 0 Å². The van der Waals surface area contributed by atoms with Gasteiger partial charge < -0.3 is 11.1 Å². The standard InChI is InChI=1S/C14H21N2/c1-10(2)8-11(3)9-14(16)12-6-4-5-7-13(12)15/h4-7,11,16H,8-9,15H2,1-3H3/t11-/m0/s1. The van der Waals surface area contributed by atoms with Crippen LogP contribution in [0.5, 0.6) is 0 Å². The van der Waals surface area contributed by atoms with Crippen molar-refractivity contribution in [1.29, 1.82) is 5.41 Å². The molecule has 0 fully saturated rings. The minimum Gasteiger partial charge on any atom is -0.398 e. The van der Waals surface area contributed by atoms with Crippen LogP contribution in [0.2, 0.25) is 0 Å². The first kappa shape index (κ1) is 12.8. The van der Waals surface area contributed by atoms with Crippen molar-refractivity contribution in [3.8, 4) is 0 Å². The SMILES string of the molecule is C[C](C)C[C@H](C)CC(=N)c1ccccc1N. The van der Waals surface area contributed by atoms with Crippen molar-refractivity contribution in [3.63, 3.8) is 0 Å². The van der Waals surface area contributed by atoms with E-state index in [0.29, 0.717) is 17.3 Å². The molecule has 1 atom stereocenters. The van der Waals surface area contributed by atoms with Crippen LogP contribution in [0.4, 0.5) is 5.69 Å². The van der Waals surface area contributed by atoms with Gasteiger partial charge in [-0.05, 0) is 30.7 Å². The molecular weight excluding hydrogens is 196 g/mol. The molecule has 3 N–H and O–H groups in total. The lowest BCUT2D eigenvalue weighted by Gasteiger charge is -2.15. The maximum absolute atomic E-state index is 8.06. The molecule has 0 bridgehead atoms. The number of nitrogen functional groups attached to an aromatic ring is 1. The Morgan fingerprint density at radius 2 is 1.88 bits per heavy atom.